The van der Waals surface area contributed by atoms with Crippen LogP contribution in [0.25, 0.3) is 0 Å². The molecule has 0 aliphatic carbocycles. The van der Waals surface area contributed by atoms with Crippen molar-refractivity contribution < 1.29 is 18.8 Å². The highest BCUT2D eigenvalue weighted by atomic mass is 32.1. The molecule has 6 nitrogen and oxygen atoms in total. The SMILES string of the molecule is CCc1nc(COC(=O)Cc2ccc(OCc3c(C)noc3C)cc2)cs1. The molecule has 142 valence electrons. The third-order valence-corrected chi connectivity index (χ3v) is 5.16. The number of esters is 1. The van der Waals surface area contributed by atoms with E-state index >= 15 is 0 Å². The van der Waals surface area contributed by atoms with E-state index in [9.17, 15) is 4.79 Å². The zero-order valence-corrected chi connectivity index (χ0v) is 16.5. The molecule has 0 saturated carbocycles. The van der Waals surface area contributed by atoms with Crippen molar-refractivity contribution in [3.05, 3.63) is 62.9 Å². The minimum atomic E-state index is -0.273. The Bertz CT molecular complexity index is 880. The molecule has 1 aromatic carbocycles. The summed E-state index contributed by atoms with van der Waals surface area (Å²) in [6.45, 7) is 6.42. The summed E-state index contributed by atoms with van der Waals surface area (Å²) in [5, 5.41) is 6.89. The number of ether oxygens (including phenoxy) is 2. The number of hydrogen-bond acceptors (Lipinski definition) is 7. The molecule has 0 radical (unpaired) electrons. The maximum atomic E-state index is 12.0. The van der Waals surface area contributed by atoms with Crippen molar-refractivity contribution in [2.24, 2.45) is 0 Å². The molecule has 0 bridgehead atoms. The number of hydrogen-bond donors (Lipinski definition) is 0. The lowest BCUT2D eigenvalue weighted by atomic mass is 10.1. The fourth-order valence-electron chi connectivity index (χ4n) is 2.52. The number of aryl methyl sites for hydroxylation is 3. The van der Waals surface area contributed by atoms with Crippen LogP contribution in [0.5, 0.6) is 5.75 Å². The van der Waals surface area contributed by atoms with Crippen LogP contribution in [0, 0.1) is 13.8 Å². The van der Waals surface area contributed by atoms with Crippen LogP contribution in [0.2, 0.25) is 0 Å². The number of aromatic nitrogens is 2. The molecule has 0 unspecified atom stereocenters. The highest BCUT2D eigenvalue weighted by Gasteiger charge is 2.10. The first kappa shape index (κ1) is 19.1. The Balaban J connectivity index is 1.47. The molecule has 0 atom stereocenters. The quantitative estimate of drug-likeness (QED) is 0.541. The van der Waals surface area contributed by atoms with Gasteiger partial charge in [-0.05, 0) is 38.0 Å². The lowest BCUT2D eigenvalue weighted by molar-refractivity contribution is -0.144. The van der Waals surface area contributed by atoms with Crippen molar-refractivity contribution in [3.63, 3.8) is 0 Å². The number of carbonyl (C=O) groups is 1. The molecule has 0 amide bonds. The monoisotopic (exact) mass is 386 g/mol. The van der Waals surface area contributed by atoms with E-state index in [0.29, 0.717) is 6.61 Å². The van der Waals surface area contributed by atoms with Crippen molar-refractivity contribution in [3.8, 4) is 5.75 Å². The normalized spacial score (nSPS) is 10.8. The van der Waals surface area contributed by atoms with Gasteiger partial charge in [-0.1, -0.05) is 24.2 Å². The lowest BCUT2D eigenvalue weighted by Gasteiger charge is -2.07. The van der Waals surface area contributed by atoms with Gasteiger partial charge in [0.2, 0.25) is 0 Å². The van der Waals surface area contributed by atoms with E-state index in [0.717, 1.165) is 45.5 Å². The standard InChI is InChI=1S/C20H22N2O4S/c1-4-19-21-16(12-27-19)10-25-20(23)9-15-5-7-17(8-6-15)24-11-18-13(2)22-26-14(18)3/h5-8,12H,4,9-11H2,1-3H3. The second-order valence-electron chi connectivity index (χ2n) is 6.16. The molecule has 27 heavy (non-hydrogen) atoms. The maximum Gasteiger partial charge on any atom is 0.310 e. The van der Waals surface area contributed by atoms with E-state index in [-0.39, 0.29) is 19.0 Å². The van der Waals surface area contributed by atoms with Crippen LogP contribution in [-0.2, 0) is 35.6 Å². The van der Waals surface area contributed by atoms with E-state index in [1.54, 1.807) is 11.3 Å². The van der Waals surface area contributed by atoms with Crippen LogP contribution < -0.4 is 4.74 Å². The molecular formula is C20H22N2O4S. The largest absolute Gasteiger partial charge is 0.489 e. The minimum absolute atomic E-state index is 0.216. The second-order valence-corrected chi connectivity index (χ2v) is 7.10. The van der Waals surface area contributed by atoms with Crippen LogP contribution in [0.4, 0.5) is 0 Å². The van der Waals surface area contributed by atoms with Crippen molar-refractivity contribution in [2.75, 3.05) is 0 Å². The number of nitrogens with zero attached hydrogens (tertiary/aromatic N) is 2. The van der Waals surface area contributed by atoms with E-state index in [2.05, 4.69) is 17.1 Å². The van der Waals surface area contributed by atoms with Gasteiger partial charge in [0.25, 0.3) is 0 Å². The minimum Gasteiger partial charge on any atom is -0.489 e. The van der Waals surface area contributed by atoms with Crippen LogP contribution in [-0.4, -0.2) is 16.1 Å². The Morgan fingerprint density at radius 3 is 2.59 bits per heavy atom. The topological polar surface area (TPSA) is 74.5 Å². The van der Waals surface area contributed by atoms with Gasteiger partial charge in [-0.15, -0.1) is 11.3 Å². The Labute approximate surface area is 162 Å². The summed E-state index contributed by atoms with van der Waals surface area (Å²) in [6, 6.07) is 7.41. The number of benzene rings is 1. The van der Waals surface area contributed by atoms with E-state index < -0.39 is 0 Å². The fourth-order valence-corrected chi connectivity index (χ4v) is 3.25. The molecule has 3 aromatic rings. The second kappa shape index (κ2) is 8.81. The molecule has 0 fully saturated rings. The average molecular weight is 386 g/mol. The van der Waals surface area contributed by atoms with Gasteiger partial charge >= 0.3 is 5.97 Å². The zero-order chi connectivity index (χ0) is 19.2. The summed E-state index contributed by atoms with van der Waals surface area (Å²) in [5.74, 6) is 1.21. The lowest BCUT2D eigenvalue weighted by Crippen LogP contribution is -2.08. The first-order valence-electron chi connectivity index (χ1n) is 8.77. The van der Waals surface area contributed by atoms with Gasteiger partial charge < -0.3 is 14.0 Å². The van der Waals surface area contributed by atoms with Gasteiger partial charge in [-0.25, -0.2) is 4.98 Å². The van der Waals surface area contributed by atoms with E-state index in [4.69, 9.17) is 14.0 Å². The fraction of sp³-hybridized carbons (Fsp3) is 0.350. The molecule has 0 spiro atoms. The van der Waals surface area contributed by atoms with Gasteiger partial charge in [-0.3, -0.25) is 4.79 Å². The molecule has 2 heterocycles. The molecule has 0 aliphatic rings. The smallest absolute Gasteiger partial charge is 0.310 e. The highest BCUT2D eigenvalue weighted by Crippen LogP contribution is 2.18. The Morgan fingerprint density at radius 2 is 1.96 bits per heavy atom. The van der Waals surface area contributed by atoms with Gasteiger partial charge in [0.1, 0.15) is 24.7 Å². The summed E-state index contributed by atoms with van der Waals surface area (Å²) < 4.78 is 16.2. The summed E-state index contributed by atoms with van der Waals surface area (Å²) in [7, 11) is 0. The number of carbonyl (C=O) groups excluding carboxylic acids is 1. The summed E-state index contributed by atoms with van der Waals surface area (Å²) >= 11 is 1.59. The van der Waals surface area contributed by atoms with Gasteiger partial charge in [0.15, 0.2) is 0 Å². The predicted molar refractivity (Wildman–Crippen MR) is 102 cm³/mol. The molecular weight excluding hydrogens is 364 g/mol. The zero-order valence-electron chi connectivity index (χ0n) is 15.7. The Morgan fingerprint density at radius 1 is 1.19 bits per heavy atom. The Kier molecular flexibility index (Phi) is 6.24. The van der Waals surface area contributed by atoms with E-state index in [1.165, 1.54) is 0 Å². The highest BCUT2D eigenvalue weighted by molar-refractivity contribution is 7.09. The molecule has 2 aromatic heterocycles. The van der Waals surface area contributed by atoms with Crippen LogP contribution in [0.3, 0.4) is 0 Å². The van der Waals surface area contributed by atoms with E-state index in [1.807, 2.05) is 43.5 Å². The third kappa shape index (κ3) is 5.17. The predicted octanol–water partition coefficient (Wildman–Crippen LogP) is 4.18. The molecule has 0 saturated heterocycles. The average Bonchev–Trinajstić information content (AvgIpc) is 3.26. The first-order chi connectivity index (χ1) is 13.0. The summed E-state index contributed by atoms with van der Waals surface area (Å²) in [4.78, 5) is 16.4. The Hall–Kier alpha value is -2.67. The molecule has 0 N–H and O–H groups in total. The van der Waals surface area contributed by atoms with Crippen LogP contribution in [0.1, 0.15) is 40.2 Å². The van der Waals surface area contributed by atoms with Crippen molar-refractivity contribution in [2.45, 2.75) is 46.8 Å². The summed E-state index contributed by atoms with van der Waals surface area (Å²) in [5.41, 5.74) is 3.46. The summed E-state index contributed by atoms with van der Waals surface area (Å²) in [6.07, 6.45) is 1.11. The third-order valence-electron chi connectivity index (χ3n) is 4.12. The molecule has 0 aliphatic heterocycles. The number of thiazole rings is 1. The molecule has 7 heteroatoms. The van der Waals surface area contributed by atoms with Crippen molar-refractivity contribution in [1.82, 2.24) is 10.1 Å². The molecule has 3 rings (SSSR count). The maximum absolute atomic E-state index is 12.0. The van der Waals surface area contributed by atoms with Gasteiger partial charge in [0, 0.05) is 5.38 Å². The van der Waals surface area contributed by atoms with Crippen LogP contribution >= 0.6 is 11.3 Å². The van der Waals surface area contributed by atoms with Crippen molar-refractivity contribution in [1.29, 1.82) is 0 Å². The van der Waals surface area contributed by atoms with Gasteiger partial charge in [-0.2, -0.15) is 0 Å². The van der Waals surface area contributed by atoms with Gasteiger partial charge in [0.05, 0.1) is 28.4 Å². The van der Waals surface area contributed by atoms with Crippen LogP contribution in [0.15, 0.2) is 34.2 Å². The van der Waals surface area contributed by atoms with Crippen molar-refractivity contribution >= 4 is 17.3 Å². The first-order valence-corrected chi connectivity index (χ1v) is 9.65. The number of rotatable bonds is 8.